The third-order valence-corrected chi connectivity index (χ3v) is 8.75. The summed E-state index contributed by atoms with van der Waals surface area (Å²) in [5, 5.41) is 10.3. The number of nitrogens with zero attached hydrogens (tertiary/aromatic N) is 2. The lowest BCUT2D eigenvalue weighted by atomic mass is 9.87. The summed E-state index contributed by atoms with van der Waals surface area (Å²) in [6.07, 6.45) is 7.88. The van der Waals surface area contributed by atoms with E-state index in [2.05, 4.69) is 144 Å². The number of hydrogen-bond donors (Lipinski definition) is 0. The highest BCUT2D eigenvalue weighted by Gasteiger charge is 2.16. The third-order valence-electron chi connectivity index (χ3n) is 8.75. The zero-order valence-electron chi connectivity index (χ0n) is 24.3. The summed E-state index contributed by atoms with van der Waals surface area (Å²) < 4.78 is 2.37. The van der Waals surface area contributed by atoms with Gasteiger partial charge in [-0.1, -0.05) is 109 Å². The van der Waals surface area contributed by atoms with Crippen molar-refractivity contribution in [2.24, 2.45) is 4.99 Å². The molecule has 0 bridgehead atoms. The highest BCUT2D eigenvalue weighted by atomic mass is 15.0. The SMILES string of the molecule is C\C=C/N=C\C(=C/C)c1ccc2ccc3c(-c4ccc(-n5c6ccccc6c6ccccc65)cc4)ccc4ccc1c2c43. The minimum atomic E-state index is 1.12. The van der Waals surface area contributed by atoms with Gasteiger partial charge in [-0.2, -0.15) is 0 Å². The Bertz CT molecular complexity index is 2350. The molecule has 7 aromatic carbocycles. The highest BCUT2D eigenvalue weighted by Crippen LogP contribution is 2.41. The van der Waals surface area contributed by atoms with Gasteiger partial charge in [-0.05, 0) is 92.7 Å². The van der Waals surface area contributed by atoms with Crippen LogP contribution in [0.3, 0.4) is 0 Å². The second-order valence-electron chi connectivity index (χ2n) is 11.1. The minimum Gasteiger partial charge on any atom is -0.309 e. The molecule has 0 atom stereocenters. The van der Waals surface area contributed by atoms with Crippen LogP contribution in [0.25, 0.3) is 76.5 Å². The second kappa shape index (κ2) is 10.1. The summed E-state index contributed by atoms with van der Waals surface area (Å²) in [7, 11) is 0. The van der Waals surface area contributed by atoms with Crippen molar-refractivity contribution in [3.63, 3.8) is 0 Å². The monoisotopic (exact) mass is 550 g/mol. The largest absolute Gasteiger partial charge is 0.309 e. The number of fused-ring (bicyclic) bond motifs is 3. The normalized spacial score (nSPS) is 12.8. The van der Waals surface area contributed by atoms with Crippen molar-refractivity contribution >= 4 is 65.9 Å². The molecule has 204 valence electrons. The van der Waals surface area contributed by atoms with E-state index in [1.807, 2.05) is 25.4 Å². The van der Waals surface area contributed by atoms with Crippen molar-refractivity contribution in [3.8, 4) is 16.8 Å². The van der Waals surface area contributed by atoms with Gasteiger partial charge in [0, 0.05) is 28.9 Å². The number of benzene rings is 7. The lowest BCUT2D eigenvalue weighted by Crippen LogP contribution is -1.94. The summed E-state index contributed by atoms with van der Waals surface area (Å²) in [5.41, 5.74) is 8.42. The number of aromatic nitrogens is 1. The van der Waals surface area contributed by atoms with Crippen LogP contribution in [0.1, 0.15) is 19.4 Å². The minimum absolute atomic E-state index is 1.12. The highest BCUT2D eigenvalue weighted by molar-refractivity contribution is 6.28. The summed E-state index contributed by atoms with van der Waals surface area (Å²) in [4.78, 5) is 4.48. The maximum absolute atomic E-state index is 4.48. The van der Waals surface area contributed by atoms with Crippen molar-refractivity contribution in [1.29, 1.82) is 0 Å². The third kappa shape index (κ3) is 3.91. The number of hydrogen-bond acceptors (Lipinski definition) is 1. The molecule has 0 aliphatic rings. The smallest absolute Gasteiger partial charge is 0.0541 e. The van der Waals surface area contributed by atoms with Crippen molar-refractivity contribution < 1.29 is 0 Å². The number of allylic oxidation sites excluding steroid dienone is 3. The Kier molecular flexibility index (Phi) is 5.94. The van der Waals surface area contributed by atoms with Crippen LogP contribution < -0.4 is 0 Å². The van der Waals surface area contributed by atoms with Gasteiger partial charge in [-0.3, -0.25) is 4.99 Å². The fourth-order valence-corrected chi connectivity index (χ4v) is 6.80. The lowest BCUT2D eigenvalue weighted by Gasteiger charge is -2.17. The van der Waals surface area contributed by atoms with Crippen LogP contribution in [-0.4, -0.2) is 10.8 Å². The Morgan fingerprint density at radius 1 is 0.581 bits per heavy atom. The molecule has 8 aromatic rings. The molecule has 0 saturated heterocycles. The molecule has 43 heavy (non-hydrogen) atoms. The van der Waals surface area contributed by atoms with Crippen LogP contribution in [0.15, 0.2) is 145 Å². The molecule has 0 radical (unpaired) electrons. The van der Waals surface area contributed by atoms with E-state index >= 15 is 0 Å². The summed E-state index contributed by atoms with van der Waals surface area (Å²) >= 11 is 0. The van der Waals surface area contributed by atoms with Gasteiger partial charge in [0.05, 0.1) is 11.0 Å². The first-order valence-corrected chi connectivity index (χ1v) is 14.9. The molecule has 0 saturated carbocycles. The van der Waals surface area contributed by atoms with E-state index < -0.39 is 0 Å². The number of rotatable bonds is 5. The van der Waals surface area contributed by atoms with Gasteiger partial charge in [0.25, 0.3) is 0 Å². The first-order chi connectivity index (χ1) is 21.3. The molecule has 1 aromatic heterocycles. The molecule has 8 rings (SSSR count). The molecule has 0 aliphatic heterocycles. The Balaban J connectivity index is 1.29. The van der Waals surface area contributed by atoms with Gasteiger partial charge in [-0.25, -0.2) is 0 Å². The van der Waals surface area contributed by atoms with Crippen molar-refractivity contribution in [2.45, 2.75) is 13.8 Å². The summed E-state index contributed by atoms with van der Waals surface area (Å²) in [5.74, 6) is 0. The van der Waals surface area contributed by atoms with E-state index in [1.165, 1.54) is 76.5 Å². The zero-order valence-corrected chi connectivity index (χ0v) is 24.3. The summed E-state index contributed by atoms with van der Waals surface area (Å²) in [6, 6.07) is 44.5. The average molecular weight is 551 g/mol. The number of para-hydroxylation sites is 2. The maximum atomic E-state index is 4.48. The van der Waals surface area contributed by atoms with Gasteiger partial charge < -0.3 is 4.57 Å². The standard InChI is InChI=1S/C41H30N2/c1-3-25-42-26-27(4-2)32-21-15-29-18-24-37-33(22-16-30-17-23-36(32)40(29)41(30)37)28-13-19-31(20-14-28)43-38-11-7-5-9-34(38)35-10-6-8-12-39(35)43/h3-26H,1-2H3/b25-3-,27-4+,42-26-. The van der Waals surface area contributed by atoms with Gasteiger partial charge in [0.15, 0.2) is 0 Å². The molecule has 0 amide bonds. The molecule has 0 aliphatic carbocycles. The molecular formula is C41H30N2. The van der Waals surface area contributed by atoms with E-state index in [0.29, 0.717) is 0 Å². The van der Waals surface area contributed by atoms with Crippen LogP contribution in [-0.2, 0) is 0 Å². The van der Waals surface area contributed by atoms with Crippen LogP contribution in [0.5, 0.6) is 0 Å². The fourth-order valence-electron chi connectivity index (χ4n) is 6.80. The van der Waals surface area contributed by atoms with Crippen LogP contribution in [0.2, 0.25) is 0 Å². The van der Waals surface area contributed by atoms with Gasteiger partial charge >= 0.3 is 0 Å². The molecule has 2 nitrogen and oxygen atoms in total. The number of aliphatic imine (C=N–C) groups is 1. The Morgan fingerprint density at radius 3 is 1.86 bits per heavy atom. The van der Waals surface area contributed by atoms with Crippen molar-refractivity contribution in [3.05, 3.63) is 145 Å². The van der Waals surface area contributed by atoms with Crippen molar-refractivity contribution in [2.75, 3.05) is 0 Å². The second-order valence-corrected chi connectivity index (χ2v) is 11.1. The maximum Gasteiger partial charge on any atom is 0.0541 e. The van der Waals surface area contributed by atoms with Crippen molar-refractivity contribution in [1.82, 2.24) is 4.57 Å². The predicted octanol–water partition coefficient (Wildman–Crippen LogP) is 11.4. The molecule has 1 heterocycles. The molecule has 0 fully saturated rings. The van der Waals surface area contributed by atoms with E-state index in [4.69, 9.17) is 0 Å². The molecule has 0 spiro atoms. The van der Waals surface area contributed by atoms with Crippen LogP contribution in [0.4, 0.5) is 0 Å². The van der Waals surface area contributed by atoms with Gasteiger partial charge in [0.2, 0.25) is 0 Å². The van der Waals surface area contributed by atoms with Crippen LogP contribution >= 0.6 is 0 Å². The summed E-state index contributed by atoms with van der Waals surface area (Å²) in [6.45, 7) is 4.06. The lowest BCUT2D eigenvalue weighted by molar-refractivity contribution is 1.18. The topological polar surface area (TPSA) is 17.3 Å². The molecule has 0 N–H and O–H groups in total. The fraction of sp³-hybridized carbons (Fsp3) is 0.0488. The Hall–Kier alpha value is -5.47. The Morgan fingerprint density at radius 2 is 1.19 bits per heavy atom. The predicted molar refractivity (Wildman–Crippen MR) is 187 cm³/mol. The van der Waals surface area contributed by atoms with E-state index in [1.54, 1.807) is 0 Å². The van der Waals surface area contributed by atoms with Crippen LogP contribution in [0, 0.1) is 0 Å². The zero-order chi connectivity index (χ0) is 28.9. The van der Waals surface area contributed by atoms with Gasteiger partial charge in [-0.15, -0.1) is 0 Å². The molecule has 2 heteroatoms. The van der Waals surface area contributed by atoms with E-state index in [9.17, 15) is 0 Å². The van der Waals surface area contributed by atoms with Gasteiger partial charge in [0.1, 0.15) is 0 Å². The van der Waals surface area contributed by atoms with E-state index in [0.717, 1.165) is 5.57 Å². The Labute approximate surface area is 250 Å². The first-order valence-electron chi connectivity index (χ1n) is 14.9. The average Bonchev–Trinajstić information content (AvgIpc) is 3.40. The quantitative estimate of drug-likeness (QED) is 0.150. The van der Waals surface area contributed by atoms with E-state index in [-0.39, 0.29) is 0 Å². The molecule has 0 unspecified atom stereocenters. The first kappa shape index (κ1) is 25.3. The molecular weight excluding hydrogens is 520 g/mol.